The van der Waals surface area contributed by atoms with E-state index in [1.54, 1.807) is 7.05 Å². The van der Waals surface area contributed by atoms with Crippen LogP contribution >= 0.6 is 0 Å². The summed E-state index contributed by atoms with van der Waals surface area (Å²) in [5.41, 5.74) is 0.202. The van der Waals surface area contributed by atoms with E-state index in [1.165, 1.54) is 11.9 Å². The molecule has 2 heterocycles. The summed E-state index contributed by atoms with van der Waals surface area (Å²) in [7, 11) is 3.06. The molecule has 7 heteroatoms. The number of carbonyl (C=O) groups excluding carboxylic acids is 2. The summed E-state index contributed by atoms with van der Waals surface area (Å²) in [6.45, 7) is 0. The summed E-state index contributed by atoms with van der Waals surface area (Å²) in [6.07, 6.45) is 3.48. The topological polar surface area (TPSA) is 83.3 Å². The SMILES string of the molecule is CN1C(=O)C2=[N+]([O-])C3CCCCC3[NH2+]C2N(C)C1=O. The van der Waals surface area contributed by atoms with E-state index in [2.05, 4.69) is 0 Å². The van der Waals surface area contributed by atoms with Crippen LogP contribution in [0.5, 0.6) is 0 Å². The van der Waals surface area contributed by atoms with E-state index in [0.717, 1.165) is 35.3 Å². The van der Waals surface area contributed by atoms with E-state index in [4.69, 9.17) is 0 Å². The predicted molar refractivity (Wildman–Crippen MR) is 66.3 cm³/mol. The zero-order valence-corrected chi connectivity index (χ0v) is 11.2. The molecular weight excluding hydrogens is 248 g/mol. The Morgan fingerprint density at radius 3 is 2.68 bits per heavy atom. The Bertz CT molecular complexity index is 476. The lowest BCUT2D eigenvalue weighted by atomic mass is 9.88. The van der Waals surface area contributed by atoms with Crippen LogP contribution < -0.4 is 5.32 Å². The molecule has 7 nitrogen and oxygen atoms in total. The van der Waals surface area contributed by atoms with Gasteiger partial charge in [-0.25, -0.2) is 4.79 Å². The number of amides is 3. The Morgan fingerprint density at radius 1 is 1.26 bits per heavy atom. The van der Waals surface area contributed by atoms with E-state index in [0.29, 0.717) is 0 Å². The second kappa shape index (κ2) is 4.19. The molecule has 0 radical (unpaired) electrons. The van der Waals surface area contributed by atoms with Crippen molar-refractivity contribution in [1.82, 2.24) is 9.80 Å². The molecule has 2 N–H and O–H groups in total. The first-order valence-electron chi connectivity index (χ1n) is 6.75. The molecule has 1 saturated heterocycles. The Morgan fingerprint density at radius 2 is 1.95 bits per heavy atom. The van der Waals surface area contributed by atoms with Gasteiger partial charge in [0.1, 0.15) is 0 Å². The van der Waals surface area contributed by atoms with Crippen molar-refractivity contribution < 1.29 is 19.6 Å². The molecular formula is C12H19N4O3+. The average Bonchev–Trinajstić information content (AvgIpc) is 2.43. The van der Waals surface area contributed by atoms with Crippen molar-refractivity contribution in [1.29, 1.82) is 0 Å². The number of hydroxylamine groups is 1. The van der Waals surface area contributed by atoms with Gasteiger partial charge in [-0.2, -0.15) is 4.74 Å². The van der Waals surface area contributed by atoms with Crippen molar-refractivity contribution in [2.45, 2.75) is 43.9 Å². The number of urea groups is 1. The normalized spacial score (nSPS) is 35.4. The highest BCUT2D eigenvalue weighted by Gasteiger charge is 2.55. The van der Waals surface area contributed by atoms with Gasteiger partial charge >= 0.3 is 17.6 Å². The number of fused-ring (bicyclic) bond motifs is 2. The fourth-order valence-electron chi connectivity index (χ4n) is 3.44. The van der Waals surface area contributed by atoms with E-state index in [1.807, 2.05) is 5.32 Å². The summed E-state index contributed by atoms with van der Waals surface area (Å²) in [6, 6.07) is -0.289. The highest BCUT2D eigenvalue weighted by molar-refractivity contribution is 6.42. The van der Waals surface area contributed by atoms with Crippen LogP contribution in [0.3, 0.4) is 0 Å². The quantitative estimate of drug-likeness (QED) is 0.436. The minimum atomic E-state index is -0.465. The molecule has 3 atom stereocenters. The number of quaternary nitrogens is 1. The first kappa shape index (κ1) is 12.4. The van der Waals surface area contributed by atoms with Gasteiger partial charge in [0, 0.05) is 26.9 Å². The summed E-state index contributed by atoms with van der Waals surface area (Å²) in [4.78, 5) is 26.6. The maximum atomic E-state index is 12.5. The van der Waals surface area contributed by atoms with Crippen LogP contribution in [-0.4, -0.2) is 64.5 Å². The van der Waals surface area contributed by atoms with Crippen LogP contribution in [0, 0.1) is 5.21 Å². The van der Waals surface area contributed by atoms with Gasteiger partial charge < -0.3 is 10.5 Å². The molecule has 3 unspecified atom stereocenters. The number of nitrogens with two attached hydrogens (primary N) is 1. The Kier molecular flexibility index (Phi) is 2.74. The molecule has 1 saturated carbocycles. The summed E-state index contributed by atoms with van der Waals surface area (Å²) >= 11 is 0. The van der Waals surface area contributed by atoms with Gasteiger partial charge in [-0.3, -0.25) is 14.6 Å². The molecule has 2 aliphatic heterocycles. The van der Waals surface area contributed by atoms with Crippen LogP contribution in [0.25, 0.3) is 0 Å². The number of hydrogen-bond acceptors (Lipinski definition) is 3. The highest BCUT2D eigenvalue weighted by Crippen LogP contribution is 2.23. The molecule has 19 heavy (non-hydrogen) atoms. The van der Waals surface area contributed by atoms with Gasteiger partial charge in [0.2, 0.25) is 6.04 Å². The van der Waals surface area contributed by atoms with Crippen molar-refractivity contribution in [3.8, 4) is 0 Å². The molecule has 0 aromatic rings. The van der Waals surface area contributed by atoms with E-state index in [9.17, 15) is 14.8 Å². The standard InChI is InChI=1S/C12H18N4O3/c1-14-10-9(11(17)15(2)12(14)18)16(19)8-6-4-3-5-7(8)13-10/h7-8,10,13H,3-6H2,1-2H3/p+1. The van der Waals surface area contributed by atoms with E-state index < -0.39 is 12.1 Å². The number of imide groups is 1. The molecule has 3 amide bonds. The van der Waals surface area contributed by atoms with E-state index >= 15 is 0 Å². The lowest BCUT2D eigenvalue weighted by Crippen LogP contribution is -3.05. The van der Waals surface area contributed by atoms with Gasteiger partial charge in [0.05, 0.1) is 0 Å². The third kappa shape index (κ3) is 1.64. The lowest BCUT2D eigenvalue weighted by Gasteiger charge is -2.41. The summed E-state index contributed by atoms with van der Waals surface area (Å²) < 4.78 is 0.885. The molecule has 3 rings (SSSR count). The van der Waals surface area contributed by atoms with Crippen LogP contribution in [0.15, 0.2) is 0 Å². The minimum absolute atomic E-state index is 0.126. The second-order valence-electron chi connectivity index (χ2n) is 5.62. The second-order valence-corrected chi connectivity index (χ2v) is 5.62. The smallest absolute Gasteiger partial charge is 0.334 e. The third-order valence-corrected chi connectivity index (χ3v) is 4.56. The molecule has 0 aromatic carbocycles. The van der Waals surface area contributed by atoms with Crippen molar-refractivity contribution in [3.05, 3.63) is 5.21 Å². The maximum absolute atomic E-state index is 12.5. The number of nitrogens with zero attached hydrogens (tertiary/aromatic N) is 3. The molecule has 0 bridgehead atoms. The van der Waals surface area contributed by atoms with Gasteiger partial charge in [0.15, 0.2) is 6.04 Å². The molecule has 104 valence electrons. The van der Waals surface area contributed by atoms with Crippen molar-refractivity contribution >= 4 is 17.6 Å². The highest BCUT2D eigenvalue weighted by atomic mass is 16.5. The monoisotopic (exact) mass is 267 g/mol. The van der Waals surface area contributed by atoms with Crippen LogP contribution in [0.4, 0.5) is 4.79 Å². The lowest BCUT2D eigenvalue weighted by molar-refractivity contribution is -0.774. The maximum Gasteiger partial charge on any atom is 0.334 e. The minimum Gasteiger partial charge on any atom is -0.623 e. The molecule has 3 aliphatic rings. The number of hydrogen-bond donors (Lipinski definition) is 1. The van der Waals surface area contributed by atoms with E-state index in [-0.39, 0.29) is 23.8 Å². The van der Waals surface area contributed by atoms with Crippen LogP contribution in [0.2, 0.25) is 0 Å². The average molecular weight is 267 g/mol. The fraction of sp³-hybridized carbons (Fsp3) is 0.750. The third-order valence-electron chi connectivity index (χ3n) is 4.56. The Hall–Kier alpha value is -1.63. The molecule has 0 aromatic heterocycles. The van der Waals surface area contributed by atoms with Crippen LogP contribution in [0.1, 0.15) is 25.7 Å². The van der Waals surface area contributed by atoms with Gasteiger partial charge in [0.25, 0.3) is 6.17 Å². The fourth-order valence-corrected chi connectivity index (χ4v) is 3.44. The van der Waals surface area contributed by atoms with Crippen molar-refractivity contribution in [3.63, 3.8) is 0 Å². The molecule has 2 fully saturated rings. The summed E-state index contributed by atoms with van der Waals surface area (Å²) in [5, 5.41) is 14.5. The van der Waals surface area contributed by atoms with Crippen molar-refractivity contribution in [2.24, 2.45) is 0 Å². The Balaban J connectivity index is 2.05. The zero-order chi connectivity index (χ0) is 13.7. The van der Waals surface area contributed by atoms with Crippen LogP contribution in [-0.2, 0) is 4.79 Å². The zero-order valence-electron chi connectivity index (χ0n) is 11.2. The van der Waals surface area contributed by atoms with Gasteiger partial charge in [-0.15, -0.1) is 0 Å². The molecule has 0 spiro atoms. The Labute approximate surface area is 111 Å². The van der Waals surface area contributed by atoms with Gasteiger partial charge in [-0.1, -0.05) is 0 Å². The molecule has 1 aliphatic carbocycles. The largest absolute Gasteiger partial charge is 0.623 e. The first-order valence-corrected chi connectivity index (χ1v) is 6.75. The van der Waals surface area contributed by atoms with Crippen molar-refractivity contribution in [2.75, 3.05) is 14.1 Å². The van der Waals surface area contributed by atoms with Gasteiger partial charge in [-0.05, 0) is 12.8 Å². The predicted octanol–water partition coefficient (Wildman–Crippen LogP) is -1.32. The first-order chi connectivity index (χ1) is 9.02. The number of rotatable bonds is 0. The number of carbonyl (C=O) groups is 2. The summed E-state index contributed by atoms with van der Waals surface area (Å²) in [5.74, 6) is -0.455.